The van der Waals surface area contributed by atoms with Gasteiger partial charge in [0.15, 0.2) is 0 Å². The smallest absolute Gasteiger partial charge is 0.116 e. The number of aliphatic hydroxyl groups excluding tert-OH is 1. The lowest BCUT2D eigenvalue weighted by Crippen LogP contribution is -2.25. The van der Waals surface area contributed by atoms with Crippen LogP contribution < -0.4 is 5.32 Å². The van der Waals surface area contributed by atoms with Crippen molar-refractivity contribution in [2.45, 2.75) is 13.0 Å². The minimum atomic E-state index is -0.00694. The first-order valence-corrected chi connectivity index (χ1v) is 3.10. The number of halogens is 1. The molecule has 1 aliphatic heterocycles. The lowest BCUT2D eigenvalue weighted by molar-refractivity contribution is 0.358. The molecule has 1 atom stereocenters. The van der Waals surface area contributed by atoms with E-state index in [2.05, 4.69) is 5.32 Å². The Morgan fingerprint density at radius 3 is 2.89 bits per heavy atom. The average molecular weight is 146 g/mol. The van der Waals surface area contributed by atoms with Crippen molar-refractivity contribution >= 4 is 11.6 Å². The molecule has 1 rings (SSSR count). The second-order valence-corrected chi connectivity index (χ2v) is 2.42. The van der Waals surface area contributed by atoms with E-state index in [0.29, 0.717) is 5.03 Å². The quantitative estimate of drug-likeness (QED) is 0.542. The Bertz CT molecular complexity index is 174. The molecule has 1 heterocycles. The van der Waals surface area contributed by atoms with Crippen molar-refractivity contribution in [3.8, 4) is 0 Å². The van der Waals surface area contributed by atoms with Crippen LogP contribution in [0.1, 0.15) is 6.92 Å². The fraction of sp³-hybridized carbons (Fsp3) is 0.333. The molecule has 0 spiro atoms. The summed E-state index contributed by atoms with van der Waals surface area (Å²) in [4.78, 5) is 0. The van der Waals surface area contributed by atoms with E-state index in [1.807, 2.05) is 6.92 Å². The van der Waals surface area contributed by atoms with Crippen molar-refractivity contribution in [3.05, 3.63) is 23.1 Å². The Kier molecular flexibility index (Phi) is 1.67. The van der Waals surface area contributed by atoms with Gasteiger partial charge in [0, 0.05) is 6.20 Å². The van der Waals surface area contributed by atoms with Crippen molar-refractivity contribution in [2.24, 2.45) is 0 Å². The molecule has 1 aliphatic rings. The molecule has 50 valence electrons. The van der Waals surface area contributed by atoms with Gasteiger partial charge in [-0.25, -0.2) is 0 Å². The first-order chi connectivity index (χ1) is 4.20. The predicted molar refractivity (Wildman–Crippen MR) is 37.2 cm³/mol. The number of hydrogen-bond acceptors (Lipinski definition) is 2. The first-order valence-electron chi connectivity index (χ1n) is 2.72. The molecule has 2 nitrogen and oxygen atoms in total. The molecule has 0 aromatic rings. The van der Waals surface area contributed by atoms with Crippen molar-refractivity contribution in [3.63, 3.8) is 0 Å². The summed E-state index contributed by atoms with van der Waals surface area (Å²) in [7, 11) is 0. The summed E-state index contributed by atoms with van der Waals surface area (Å²) in [6.45, 7) is 1.85. The van der Waals surface area contributed by atoms with E-state index in [-0.39, 0.29) is 11.8 Å². The zero-order valence-electron chi connectivity index (χ0n) is 5.06. The topological polar surface area (TPSA) is 32.3 Å². The SMILES string of the molecule is CC1NC=C(Cl)C=C1O. The summed E-state index contributed by atoms with van der Waals surface area (Å²) >= 11 is 5.54. The molecular weight excluding hydrogens is 138 g/mol. The van der Waals surface area contributed by atoms with Crippen LogP contribution in [0.2, 0.25) is 0 Å². The normalized spacial score (nSPS) is 26.2. The van der Waals surface area contributed by atoms with E-state index in [0.717, 1.165) is 0 Å². The highest BCUT2D eigenvalue weighted by molar-refractivity contribution is 6.31. The van der Waals surface area contributed by atoms with Crippen LogP contribution in [0.25, 0.3) is 0 Å². The molecule has 0 aromatic carbocycles. The number of rotatable bonds is 0. The van der Waals surface area contributed by atoms with Crippen LogP contribution >= 0.6 is 11.6 Å². The Hall–Kier alpha value is -0.630. The van der Waals surface area contributed by atoms with Gasteiger partial charge in [0.05, 0.1) is 11.1 Å². The van der Waals surface area contributed by atoms with Gasteiger partial charge in [0.1, 0.15) is 5.76 Å². The summed E-state index contributed by atoms with van der Waals surface area (Å²) in [6.07, 6.45) is 3.19. The van der Waals surface area contributed by atoms with Gasteiger partial charge < -0.3 is 10.4 Å². The second kappa shape index (κ2) is 2.31. The van der Waals surface area contributed by atoms with Crippen LogP contribution in [0.15, 0.2) is 23.1 Å². The number of dihydropyridines is 1. The fourth-order valence-corrected chi connectivity index (χ4v) is 0.773. The fourth-order valence-electron chi connectivity index (χ4n) is 0.598. The van der Waals surface area contributed by atoms with Gasteiger partial charge in [0.25, 0.3) is 0 Å². The molecule has 9 heavy (non-hydrogen) atoms. The van der Waals surface area contributed by atoms with E-state index in [1.165, 1.54) is 6.08 Å². The number of nitrogens with one attached hydrogen (secondary N) is 1. The maximum Gasteiger partial charge on any atom is 0.116 e. The second-order valence-electron chi connectivity index (χ2n) is 1.99. The Morgan fingerprint density at radius 2 is 2.44 bits per heavy atom. The summed E-state index contributed by atoms with van der Waals surface area (Å²) in [5, 5.41) is 12.4. The Morgan fingerprint density at radius 1 is 1.78 bits per heavy atom. The van der Waals surface area contributed by atoms with Crippen LogP contribution in [0.3, 0.4) is 0 Å². The lowest BCUT2D eigenvalue weighted by atomic mass is 10.2. The monoisotopic (exact) mass is 145 g/mol. The number of aliphatic hydroxyl groups is 1. The van der Waals surface area contributed by atoms with Gasteiger partial charge in [-0.2, -0.15) is 0 Å². The van der Waals surface area contributed by atoms with Gasteiger partial charge in [-0.05, 0) is 13.0 Å². The van der Waals surface area contributed by atoms with Crippen molar-refractivity contribution in [2.75, 3.05) is 0 Å². The molecule has 0 bridgehead atoms. The maximum absolute atomic E-state index is 9.02. The van der Waals surface area contributed by atoms with Gasteiger partial charge in [0.2, 0.25) is 0 Å². The molecule has 0 fully saturated rings. The highest BCUT2D eigenvalue weighted by Crippen LogP contribution is 2.11. The summed E-state index contributed by atoms with van der Waals surface area (Å²) in [5.74, 6) is 0.280. The molecule has 1 unspecified atom stereocenters. The van der Waals surface area contributed by atoms with Gasteiger partial charge in [-0.15, -0.1) is 0 Å². The molecule has 0 saturated heterocycles. The molecule has 0 radical (unpaired) electrons. The van der Waals surface area contributed by atoms with Crippen LogP contribution in [0.4, 0.5) is 0 Å². The van der Waals surface area contributed by atoms with Crippen LogP contribution in [-0.4, -0.2) is 11.1 Å². The van der Waals surface area contributed by atoms with E-state index >= 15 is 0 Å². The van der Waals surface area contributed by atoms with Gasteiger partial charge in [-0.3, -0.25) is 0 Å². The highest BCUT2D eigenvalue weighted by atomic mass is 35.5. The number of hydrogen-bond donors (Lipinski definition) is 2. The molecule has 0 amide bonds. The molecule has 0 aliphatic carbocycles. The Labute approximate surface area is 58.8 Å². The van der Waals surface area contributed by atoms with Gasteiger partial charge in [-0.1, -0.05) is 11.6 Å². The predicted octanol–water partition coefficient (Wildman–Crippen LogP) is 1.50. The van der Waals surface area contributed by atoms with E-state index in [1.54, 1.807) is 6.20 Å². The molecule has 2 N–H and O–H groups in total. The zero-order chi connectivity index (χ0) is 6.85. The summed E-state index contributed by atoms with van der Waals surface area (Å²) in [6, 6.07) is -0.00694. The third kappa shape index (κ3) is 1.39. The van der Waals surface area contributed by atoms with Crippen molar-refractivity contribution in [1.82, 2.24) is 5.32 Å². The molecule has 0 saturated carbocycles. The minimum absolute atomic E-state index is 0.00694. The third-order valence-electron chi connectivity index (χ3n) is 1.20. The number of allylic oxidation sites excluding steroid dienone is 2. The van der Waals surface area contributed by atoms with E-state index < -0.39 is 0 Å². The summed E-state index contributed by atoms with van der Waals surface area (Å²) in [5.41, 5.74) is 0. The molecule has 0 aromatic heterocycles. The standard InChI is InChI=1S/C6H8ClNO/c1-4-6(9)2-5(7)3-8-4/h2-4,8-9H,1H3. The van der Waals surface area contributed by atoms with Crippen LogP contribution in [-0.2, 0) is 0 Å². The lowest BCUT2D eigenvalue weighted by Gasteiger charge is -2.14. The largest absolute Gasteiger partial charge is 0.510 e. The van der Waals surface area contributed by atoms with Crippen LogP contribution in [0.5, 0.6) is 0 Å². The van der Waals surface area contributed by atoms with Crippen LogP contribution in [0, 0.1) is 0 Å². The van der Waals surface area contributed by atoms with Crippen molar-refractivity contribution < 1.29 is 5.11 Å². The minimum Gasteiger partial charge on any atom is -0.510 e. The summed E-state index contributed by atoms with van der Waals surface area (Å²) < 4.78 is 0. The van der Waals surface area contributed by atoms with Crippen molar-refractivity contribution in [1.29, 1.82) is 0 Å². The average Bonchev–Trinajstić information content (AvgIpc) is 1.80. The first kappa shape index (κ1) is 6.49. The van der Waals surface area contributed by atoms with E-state index in [9.17, 15) is 0 Å². The molecular formula is C6H8ClNO. The van der Waals surface area contributed by atoms with E-state index in [4.69, 9.17) is 16.7 Å². The zero-order valence-corrected chi connectivity index (χ0v) is 5.81. The highest BCUT2D eigenvalue weighted by Gasteiger charge is 2.08. The molecule has 3 heteroatoms. The third-order valence-corrected chi connectivity index (χ3v) is 1.42. The maximum atomic E-state index is 9.02. The Balaban J connectivity index is 2.74. The van der Waals surface area contributed by atoms with Gasteiger partial charge >= 0.3 is 0 Å².